The van der Waals surface area contributed by atoms with Crippen LogP contribution in [0.15, 0.2) is 61.1 Å². The number of nitrogens with zero attached hydrogens (tertiary/aromatic N) is 4. The average molecular weight is 386 g/mol. The number of pyridine rings is 1. The maximum Gasteiger partial charge on any atom is 0.126 e. The van der Waals surface area contributed by atoms with E-state index in [2.05, 4.69) is 44.7 Å². The van der Waals surface area contributed by atoms with Crippen molar-refractivity contribution < 1.29 is 4.74 Å². The minimum atomic E-state index is 0. The van der Waals surface area contributed by atoms with E-state index < -0.39 is 0 Å². The Balaban J connectivity index is 0.00000210. The highest BCUT2D eigenvalue weighted by atomic mass is 35.5. The summed E-state index contributed by atoms with van der Waals surface area (Å²) < 4.78 is 7.35. The van der Waals surface area contributed by atoms with Crippen LogP contribution in [0.3, 0.4) is 0 Å². The zero-order chi connectivity index (χ0) is 17.6. The van der Waals surface area contributed by atoms with Crippen molar-refractivity contribution in [2.24, 2.45) is 0 Å². The highest BCUT2D eigenvalue weighted by molar-refractivity contribution is 5.85. The van der Waals surface area contributed by atoms with Gasteiger partial charge in [0.15, 0.2) is 0 Å². The predicted octanol–water partition coefficient (Wildman–Crippen LogP) is 3.20. The maximum atomic E-state index is 5.39. The second-order valence-electron chi connectivity index (χ2n) is 6.39. The molecule has 0 amide bonds. The van der Waals surface area contributed by atoms with Crippen molar-refractivity contribution in [3.05, 3.63) is 72.2 Å². The van der Waals surface area contributed by atoms with E-state index in [9.17, 15) is 0 Å². The highest BCUT2D eigenvalue weighted by Crippen LogP contribution is 2.17. The van der Waals surface area contributed by atoms with Crippen molar-refractivity contribution in [3.63, 3.8) is 0 Å². The molecule has 1 aliphatic rings. The van der Waals surface area contributed by atoms with Crippen molar-refractivity contribution >= 4 is 23.9 Å². The fourth-order valence-electron chi connectivity index (χ4n) is 3.05. The molecule has 1 aliphatic heterocycles. The zero-order valence-corrected chi connectivity index (χ0v) is 15.9. The van der Waals surface area contributed by atoms with Crippen molar-refractivity contribution in [2.45, 2.75) is 13.1 Å². The van der Waals surface area contributed by atoms with Gasteiger partial charge in [0, 0.05) is 31.4 Å². The molecular weight excluding hydrogens is 362 g/mol. The molecule has 3 aromatic rings. The molecule has 2 aromatic heterocycles. The lowest BCUT2D eigenvalue weighted by Crippen LogP contribution is -2.36. The number of rotatable bonds is 6. The smallest absolute Gasteiger partial charge is 0.126 e. The molecule has 1 aromatic carbocycles. The number of aromatic nitrogens is 3. The van der Waals surface area contributed by atoms with Crippen molar-refractivity contribution in [1.29, 1.82) is 0 Å². The van der Waals surface area contributed by atoms with Gasteiger partial charge in [0.2, 0.25) is 0 Å². The number of hydrogen-bond acceptors (Lipinski definition) is 5. The number of morpholine rings is 1. The third-order valence-electron chi connectivity index (χ3n) is 4.47. The van der Waals surface area contributed by atoms with Crippen molar-refractivity contribution in [2.75, 3.05) is 36.5 Å². The Kier molecular flexibility index (Phi) is 6.68. The van der Waals surface area contributed by atoms with Crippen LogP contribution < -0.4 is 10.2 Å². The van der Waals surface area contributed by atoms with Crippen LogP contribution in [0.1, 0.15) is 11.1 Å². The molecule has 0 atom stereocenters. The first kappa shape index (κ1) is 19.2. The molecular formula is C20H24ClN5O. The molecule has 7 heteroatoms. The summed E-state index contributed by atoms with van der Waals surface area (Å²) in [5.74, 6) is 0.873. The topological polar surface area (TPSA) is 55.2 Å². The largest absolute Gasteiger partial charge is 0.378 e. The van der Waals surface area contributed by atoms with Crippen molar-refractivity contribution in [1.82, 2.24) is 14.8 Å². The van der Waals surface area contributed by atoms with Crippen LogP contribution in [-0.2, 0) is 17.8 Å². The lowest BCUT2D eigenvalue weighted by molar-refractivity contribution is 0.122. The third-order valence-corrected chi connectivity index (χ3v) is 4.47. The number of benzene rings is 1. The van der Waals surface area contributed by atoms with E-state index in [4.69, 9.17) is 4.74 Å². The van der Waals surface area contributed by atoms with Gasteiger partial charge in [0.1, 0.15) is 5.82 Å². The molecule has 142 valence electrons. The van der Waals surface area contributed by atoms with Gasteiger partial charge in [0.25, 0.3) is 0 Å². The van der Waals surface area contributed by atoms with E-state index in [1.54, 1.807) is 0 Å². The summed E-state index contributed by atoms with van der Waals surface area (Å²) in [5.41, 5.74) is 3.53. The van der Waals surface area contributed by atoms with E-state index >= 15 is 0 Å². The van der Waals surface area contributed by atoms with Gasteiger partial charge in [-0.25, -0.2) is 4.98 Å². The Morgan fingerprint density at radius 3 is 2.52 bits per heavy atom. The van der Waals surface area contributed by atoms with Crippen LogP contribution in [0.4, 0.5) is 11.5 Å². The Hall–Kier alpha value is -2.57. The number of ether oxygens (including phenoxy) is 1. The summed E-state index contributed by atoms with van der Waals surface area (Å²) in [6.07, 6.45) is 5.90. The molecule has 6 nitrogen and oxygen atoms in total. The zero-order valence-electron chi connectivity index (χ0n) is 15.1. The molecule has 1 saturated heterocycles. The molecule has 27 heavy (non-hydrogen) atoms. The van der Waals surface area contributed by atoms with E-state index in [0.29, 0.717) is 6.54 Å². The Morgan fingerprint density at radius 1 is 0.963 bits per heavy atom. The lowest BCUT2D eigenvalue weighted by Gasteiger charge is -2.28. The molecule has 1 fully saturated rings. The van der Waals surface area contributed by atoms with Gasteiger partial charge in [0.05, 0.1) is 37.8 Å². The SMILES string of the molecule is Cl.c1ccc(Cn2cc(CNc3ccc(N4CCOCC4)cn3)cn2)cc1. The van der Waals surface area contributed by atoms with Gasteiger partial charge < -0.3 is 15.0 Å². The van der Waals surface area contributed by atoms with E-state index in [1.165, 1.54) is 5.56 Å². The second-order valence-corrected chi connectivity index (χ2v) is 6.39. The minimum Gasteiger partial charge on any atom is -0.378 e. The van der Waals surface area contributed by atoms with Crippen LogP contribution >= 0.6 is 12.4 Å². The van der Waals surface area contributed by atoms with E-state index in [1.807, 2.05) is 41.3 Å². The molecule has 0 unspecified atom stereocenters. The summed E-state index contributed by atoms with van der Waals surface area (Å²) in [4.78, 5) is 6.82. The Morgan fingerprint density at radius 2 is 1.78 bits per heavy atom. The summed E-state index contributed by atoms with van der Waals surface area (Å²) in [5, 5.41) is 7.80. The monoisotopic (exact) mass is 385 g/mol. The van der Waals surface area contributed by atoms with Crippen LogP contribution in [0.5, 0.6) is 0 Å². The first-order valence-electron chi connectivity index (χ1n) is 8.95. The van der Waals surface area contributed by atoms with Crippen molar-refractivity contribution in [3.8, 4) is 0 Å². The summed E-state index contributed by atoms with van der Waals surface area (Å²) in [6.45, 7) is 4.91. The minimum absolute atomic E-state index is 0. The molecule has 4 rings (SSSR count). The number of hydrogen-bond donors (Lipinski definition) is 1. The van der Waals surface area contributed by atoms with Gasteiger partial charge in [-0.15, -0.1) is 12.4 Å². The molecule has 0 spiro atoms. The first-order chi connectivity index (χ1) is 12.9. The Bertz CT molecular complexity index is 816. The lowest BCUT2D eigenvalue weighted by atomic mass is 10.2. The average Bonchev–Trinajstić information content (AvgIpc) is 3.16. The number of halogens is 1. The second kappa shape index (κ2) is 9.39. The third kappa shape index (κ3) is 5.21. The summed E-state index contributed by atoms with van der Waals surface area (Å²) in [7, 11) is 0. The quantitative estimate of drug-likeness (QED) is 0.706. The maximum absolute atomic E-state index is 5.39. The van der Waals surface area contributed by atoms with Crippen LogP contribution in [0.25, 0.3) is 0 Å². The first-order valence-corrected chi connectivity index (χ1v) is 8.95. The molecule has 0 radical (unpaired) electrons. The molecule has 0 saturated carbocycles. The predicted molar refractivity (Wildman–Crippen MR) is 110 cm³/mol. The molecule has 3 heterocycles. The van der Waals surface area contributed by atoms with Crippen LogP contribution in [-0.4, -0.2) is 41.1 Å². The normalized spacial score (nSPS) is 13.9. The number of nitrogens with one attached hydrogen (secondary N) is 1. The molecule has 1 N–H and O–H groups in total. The van der Waals surface area contributed by atoms with E-state index in [0.717, 1.165) is 49.9 Å². The van der Waals surface area contributed by atoms with Gasteiger partial charge in [-0.3, -0.25) is 4.68 Å². The molecule has 0 aliphatic carbocycles. The van der Waals surface area contributed by atoms with Gasteiger partial charge in [-0.1, -0.05) is 30.3 Å². The fraction of sp³-hybridized carbons (Fsp3) is 0.300. The van der Waals surface area contributed by atoms with Gasteiger partial charge >= 0.3 is 0 Å². The number of anilines is 2. The Labute approximate surface area is 165 Å². The van der Waals surface area contributed by atoms with E-state index in [-0.39, 0.29) is 12.4 Å². The standard InChI is InChI=1S/C20H23N5O.ClH/c1-2-4-17(5-3-1)15-25-16-18(13-23-25)12-21-20-7-6-19(14-22-20)24-8-10-26-11-9-24;/h1-7,13-14,16H,8-12,15H2,(H,21,22);1H. The fourth-order valence-corrected chi connectivity index (χ4v) is 3.05. The van der Waals surface area contributed by atoms with Gasteiger partial charge in [-0.05, 0) is 17.7 Å². The summed E-state index contributed by atoms with van der Waals surface area (Å²) in [6, 6.07) is 14.5. The molecule has 0 bridgehead atoms. The van der Waals surface area contributed by atoms with Crippen LogP contribution in [0, 0.1) is 0 Å². The van der Waals surface area contributed by atoms with Crippen LogP contribution in [0.2, 0.25) is 0 Å². The highest BCUT2D eigenvalue weighted by Gasteiger charge is 2.11. The van der Waals surface area contributed by atoms with Gasteiger partial charge in [-0.2, -0.15) is 5.10 Å². The summed E-state index contributed by atoms with van der Waals surface area (Å²) >= 11 is 0.